The van der Waals surface area contributed by atoms with E-state index in [1.807, 2.05) is 0 Å². The van der Waals surface area contributed by atoms with Gasteiger partial charge in [-0.05, 0) is 24.3 Å². The van der Waals surface area contributed by atoms with Crippen LogP contribution in [0, 0.1) is 27.9 Å². The van der Waals surface area contributed by atoms with E-state index in [0.717, 1.165) is 0 Å². The number of hydrogen-bond acceptors (Lipinski definition) is 7. The number of benzene rings is 2. The summed E-state index contributed by atoms with van der Waals surface area (Å²) in [6.07, 6.45) is -1.70. The number of amides is 2. The van der Waals surface area contributed by atoms with E-state index in [9.17, 15) is 19.7 Å². The number of hydrogen-bond donors (Lipinski definition) is 0. The van der Waals surface area contributed by atoms with Crippen LogP contribution in [0.3, 0.4) is 0 Å². The second-order valence-corrected chi connectivity index (χ2v) is 8.42. The van der Waals surface area contributed by atoms with Gasteiger partial charge in [-0.25, -0.2) is 4.90 Å². The molecule has 3 saturated heterocycles. The number of rotatable bonds is 3. The van der Waals surface area contributed by atoms with Crippen molar-refractivity contribution < 1.29 is 24.1 Å². The molecule has 0 saturated carbocycles. The topological polar surface area (TPSA) is 111 Å². The summed E-state index contributed by atoms with van der Waals surface area (Å²) in [5.41, 5.74) is 1.45. The number of halogens is 1. The maximum atomic E-state index is 13.3. The van der Waals surface area contributed by atoms with Gasteiger partial charge in [0.05, 0.1) is 40.2 Å². The lowest BCUT2D eigenvalue weighted by molar-refractivity contribution is -0.384. The molecular weight excluding hydrogens is 426 g/mol. The third-order valence-corrected chi connectivity index (χ3v) is 6.73. The second-order valence-electron chi connectivity index (χ2n) is 7.98. The van der Waals surface area contributed by atoms with Crippen LogP contribution in [0.25, 0.3) is 0 Å². The number of oxime groups is 1. The lowest BCUT2D eigenvalue weighted by atomic mass is 9.71. The van der Waals surface area contributed by atoms with Gasteiger partial charge >= 0.3 is 0 Å². The molecule has 2 amide bonds. The number of fused-ring (bicyclic) bond motifs is 8. The van der Waals surface area contributed by atoms with Crippen molar-refractivity contribution in [1.29, 1.82) is 0 Å². The molecule has 6 rings (SSSR count). The van der Waals surface area contributed by atoms with Crippen molar-refractivity contribution in [1.82, 2.24) is 0 Å². The number of imide groups is 1. The highest BCUT2D eigenvalue weighted by atomic mass is 35.5. The van der Waals surface area contributed by atoms with Crippen molar-refractivity contribution in [3.05, 3.63) is 69.2 Å². The Labute approximate surface area is 180 Å². The molecule has 0 radical (unpaired) electrons. The third-order valence-electron chi connectivity index (χ3n) is 6.48. The van der Waals surface area contributed by atoms with Gasteiger partial charge < -0.3 is 9.57 Å². The van der Waals surface area contributed by atoms with Gasteiger partial charge in [-0.2, -0.15) is 0 Å². The first-order valence-electron chi connectivity index (χ1n) is 9.73. The highest BCUT2D eigenvalue weighted by molar-refractivity contribution is 6.31. The van der Waals surface area contributed by atoms with Gasteiger partial charge in [0.1, 0.15) is 6.10 Å². The molecule has 156 valence electrons. The second kappa shape index (κ2) is 6.35. The van der Waals surface area contributed by atoms with Gasteiger partial charge in [-0.3, -0.25) is 19.7 Å². The molecule has 0 spiro atoms. The Balaban J connectivity index is 1.34. The minimum Gasteiger partial charge on any atom is -0.389 e. The van der Waals surface area contributed by atoms with E-state index in [1.165, 1.54) is 17.0 Å². The lowest BCUT2D eigenvalue weighted by Crippen LogP contribution is -2.45. The Morgan fingerprint density at radius 3 is 2.39 bits per heavy atom. The average molecular weight is 440 g/mol. The van der Waals surface area contributed by atoms with E-state index in [1.54, 1.807) is 36.4 Å². The average Bonchev–Trinajstić information content (AvgIpc) is 3.49. The first kappa shape index (κ1) is 18.5. The predicted octanol–water partition coefficient (Wildman–Crippen LogP) is 2.55. The minimum atomic E-state index is -0.653. The molecule has 0 N–H and O–H groups in total. The van der Waals surface area contributed by atoms with E-state index >= 15 is 0 Å². The van der Waals surface area contributed by atoms with Gasteiger partial charge in [0.15, 0.2) is 6.10 Å². The number of carbonyl (C=O) groups excluding carboxylic acids is 2. The maximum Gasteiger partial charge on any atom is 0.270 e. The summed E-state index contributed by atoms with van der Waals surface area (Å²) in [7, 11) is 0. The molecule has 2 bridgehead atoms. The van der Waals surface area contributed by atoms with Crippen LogP contribution >= 0.6 is 11.6 Å². The zero-order valence-electron chi connectivity index (χ0n) is 15.8. The fraction of sp³-hybridized carbons (Fsp3) is 0.286. The fourth-order valence-electron chi connectivity index (χ4n) is 5.22. The normalized spacial score (nSPS) is 32.7. The summed E-state index contributed by atoms with van der Waals surface area (Å²) < 4.78 is 6.05. The third kappa shape index (κ3) is 2.44. The molecule has 2 aromatic rings. The Hall–Kier alpha value is -3.30. The molecule has 2 aromatic carbocycles. The molecule has 4 aliphatic heterocycles. The monoisotopic (exact) mass is 439 g/mol. The molecule has 4 aliphatic rings. The van der Waals surface area contributed by atoms with Crippen LogP contribution in [0.15, 0.2) is 53.7 Å². The molecule has 0 unspecified atom stereocenters. The molecule has 3 fully saturated rings. The molecule has 10 heteroatoms. The Bertz CT molecular complexity index is 1180. The lowest BCUT2D eigenvalue weighted by Gasteiger charge is -2.26. The Morgan fingerprint density at radius 1 is 0.968 bits per heavy atom. The first-order chi connectivity index (χ1) is 15.0. The zero-order valence-corrected chi connectivity index (χ0v) is 16.5. The quantitative estimate of drug-likeness (QED) is 0.413. The summed E-state index contributed by atoms with van der Waals surface area (Å²) in [4.78, 5) is 43.9. The maximum absolute atomic E-state index is 13.3. The fourth-order valence-corrected chi connectivity index (χ4v) is 5.35. The molecule has 0 aromatic heterocycles. The number of nitro benzene ring substituents is 1. The minimum absolute atomic E-state index is 0.0633. The summed E-state index contributed by atoms with van der Waals surface area (Å²) in [6, 6.07) is 12.6. The van der Waals surface area contributed by atoms with Gasteiger partial charge in [0, 0.05) is 22.7 Å². The van der Waals surface area contributed by atoms with Gasteiger partial charge in [0.25, 0.3) is 5.69 Å². The largest absolute Gasteiger partial charge is 0.389 e. The van der Waals surface area contributed by atoms with Crippen molar-refractivity contribution in [2.24, 2.45) is 22.9 Å². The number of ether oxygens (including phenoxy) is 1. The molecule has 4 heterocycles. The number of anilines is 1. The van der Waals surface area contributed by atoms with Gasteiger partial charge in [0.2, 0.25) is 11.8 Å². The van der Waals surface area contributed by atoms with E-state index in [2.05, 4.69) is 5.16 Å². The van der Waals surface area contributed by atoms with Gasteiger partial charge in [-0.15, -0.1) is 0 Å². The van der Waals surface area contributed by atoms with Gasteiger partial charge in [-0.1, -0.05) is 28.9 Å². The number of nitrogens with zero attached hydrogens (tertiary/aromatic N) is 3. The van der Waals surface area contributed by atoms with Crippen molar-refractivity contribution in [2.75, 3.05) is 4.90 Å². The van der Waals surface area contributed by atoms with Crippen molar-refractivity contribution >= 4 is 40.5 Å². The summed E-state index contributed by atoms with van der Waals surface area (Å²) >= 11 is 5.93. The summed E-state index contributed by atoms with van der Waals surface area (Å²) in [5.74, 6) is -2.33. The van der Waals surface area contributed by atoms with Crippen LogP contribution < -0.4 is 4.90 Å². The van der Waals surface area contributed by atoms with E-state index in [-0.39, 0.29) is 23.4 Å². The van der Waals surface area contributed by atoms with E-state index in [4.69, 9.17) is 21.2 Å². The number of non-ortho nitro benzene ring substituents is 1. The highest BCUT2D eigenvalue weighted by Gasteiger charge is 2.72. The highest BCUT2D eigenvalue weighted by Crippen LogP contribution is 2.55. The summed E-state index contributed by atoms with van der Waals surface area (Å²) in [5, 5.41) is 15.8. The number of nitro groups is 1. The zero-order chi connectivity index (χ0) is 21.4. The van der Waals surface area contributed by atoms with Crippen LogP contribution in [0.1, 0.15) is 5.56 Å². The SMILES string of the molecule is O=C1[C@@H]2[C@@H]3O[C@H]([C@@H]4C(c5cccc([N+](=O)[O-])c5)=NO[C@@H]34)[C@H]2C(=O)N1c1ccc(Cl)cc1. The van der Waals surface area contributed by atoms with Crippen molar-refractivity contribution in [3.8, 4) is 0 Å². The summed E-state index contributed by atoms with van der Waals surface area (Å²) in [6.45, 7) is 0. The number of carbonyl (C=O) groups is 2. The Morgan fingerprint density at radius 2 is 1.68 bits per heavy atom. The standard InChI is InChI=1S/C21H14ClN3O6/c22-10-4-6-11(7-5-10)24-20(26)13-14(21(24)27)18-19-15(17(13)30-18)16(23-31-19)9-2-1-3-12(8-9)25(28)29/h1-8,13-15,17-19H/t13-,14-,15-,17-,18-,19+/m0/s1. The molecule has 9 nitrogen and oxygen atoms in total. The van der Waals surface area contributed by atoms with Crippen LogP contribution in [0.2, 0.25) is 5.02 Å². The first-order valence-corrected chi connectivity index (χ1v) is 10.1. The van der Waals surface area contributed by atoms with Crippen molar-refractivity contribution in [2.45, 2.75) is 18.3 Å². The molecule has 0 aliphatic carbocycles. The van der Waals surface area contributed by atoms with Crippen LogP contribution in [-0.2, 0) is 19.2 Å². The van der Waals surface area contributed by atoms with E-state index in [0.29, 0.717) is 22.0 Å². The Kier molecular flexibility index (Phi) is 3.78. The van der Waals surface area contributed by atoms with Crippen LogP contribution in [0.5, 0.6) is 0 Å². The van der Waals surface area contributed by atoms with Crippen LogP contribution in [0.4, 0.5) is 11.4 Å². The van der Waals surface area contributed by atoms with Crippen LogP contribution in [-0.4, -0.2) is 40.8 Å². The molecule has 31 heavy (non-hydrogen) atoms. The van der Waals surface area contributed by atoms with Crippen molar-refractivity contribution in [3.63, 3.8) is 0 Å². The van der Waals surface area contributed by atoms with E-state index < -0.39 is 35.1 Å². The predicted molar refractivity (Wildman–Crippen MR) is 108 cm³/mol. The molecule has 6 atom stereocenters. The smallest absolute Gasteiger partial charge is 0.270 e. The molecular formula is C21H14ClN3O6.